The summed E-state index contributed by atoms with van der Waals surface area (Å²) in [5.41, 5.74) is 18.7. The third kappa shape index (κ3) is 14.8. The molecule has 6 aromatic rings. The second-order valence-electron chi connectivity index (χ2n) is 18.4. The van der Waals surface area contributed by atoms with Crippen LogP contribution in [0.15, 0.2) is 186 Å². The van der Waals surface area contributed by atoms with Crippen LogP contribution in [-0.2, 0) is 50.1 Å². The van der Waals surface area contributed by atoms with E-state index in [0.717, 1.165) is 48.5 Å². The fourth-order valence-electron chi connectivity index (χ4n) is 9.19. The topological polar surface area (TPSA) is 468 Å². The Labute approximate surface area is 516 Å². The smallest absolute Gasteiger partial charge is 0.864 e. The fraction of sp³-hybridized carbons (Fsp3) is 0.111. The number of hydrogen-bond donors (Lipinski definition) is 6. The molecule has 0 radical (unpaired) electrons. The summed E-state index contributed by atoms with van der Waals surface area (Å²) in [5.74, 6) is 0. The van der Waals surface area contributed by atoms with Crippen molar-refractivity contribution in [2.75, 3.05) is 36.8 Å². The second kappa shape index (κ2) is 26.4. The Bertz CT molecular complexity index is 3980. The first-order chi connectivity index (χ1) is 38.7. The van der Waals surface area contributed by atoms with E-state index in [0.29, 0.717) is 107 Å². The van der Waals surface area contributed by atoms with E-state index in [4.69, 9.17) is 0 Å². The number of allylic oxidation sites excluding steroid dienone is 6. The first-order valence-electron chi connectivity index (χ1n) is 24.1. The molecule has 0 aliphatic heterocycles. The standard InChI is InChI=1S/2C27H26N4O8S2.Ba/c2*28-13-27(14-29)7-5-17(6-8-27)26(23-3-1-19(30-15-32)11-25(23)31-16-33)24-12-21(41(37,38)39)10-18-9-20(40(34,35)36)2-4-22(18)24;/h2*1-12,15-16H,13-14,28-29H2,(H,30,32)(H,31,33)(H,34,35,36)(H,37,38,39);/q;;+2/p-2. The van der Waals surface area contributed by atoms with E-state index in [-0.39, 0.29) is 82.2 Å². The molecule has 29 heteroatoms. The van der Waals surface area contributed by atoms with Crippen molar-refractivity contribution in [2.24, 2.45) is 20.8 Å². The molecule has 0 spiro atoms. The Morgan fingerprint density at radius 1 is 0.446 bits per heavy atom. The average molecular weight is 1330 g/mol. The van der Waals surface area contributed by atoms with E-state index in [1.807, 2.05) is 24.3 Å². The molecule has 0 saturated carbocycles. The molecule has 24 nitrogen and oxygen atoms in total. The summed E-state index contributed by atoms with van der Waals surface area (Å²) in [6.07, 6.45) is 16.1. The average Bonchev–Trinajstić information content (AvgIpc) is 3.55. The molecule has 83 heavy (non-hydrogen) atoms. The van der Waals surface area contributed by atoms with Gasteiger partial charge >= 0.3 is 48.9 Å². The van der Waals surface area contributed by atoms with Gasteiger partial charge in [0.15, 0.2) is 0 Å². The van der Waals surface area contributed by atoms with Crippen molar-refractivity contribution in [2.45, 2.75) is 19.6 Å². The molecule has 2 amide bonds. The van der Waals surface area contributed by atoms with Crippen LogP contribution in [0.25, 0.3) is 32.7 Å². The van der Waals surface area contributed by atoms with Gasteiger partial charge in [-0.25, -0.2) is 33.7 Å². The Morgan fingerprint density at radius 2 is 0.759 bits per heavy atom. The minimum Gasteiger partial charge on any atom is -0.864 e. The summed E-state index contributed by atoms with van der Waals surface area (Å²) >= 11 is 0. The van der Waals surface area contributed by atoms with Gasteiger partial charge in [-0.1, -0.05) is 85.7 Å². The summed E-state index contributed by atoms with van der Waals surface area (Å²) in [5, 5.41) is 28.6. The molecule has 6 aromatic carbocycles. The number of rotatable bonds is 18. The third-order valence-electron chi connectivity index (χ3n) is 13.7. The predicted octanol–water partition coefficient (Wildman–Crippen LogP) is -1.11. The number of fused-ring (bicyclic) bond motifs is 2. The summed E-state index contributed by atoms with van der Waals surface area (Å²) in [4.78, 5) is 27.3. The van der Waals surface area contributed by atoms with Crippen LogP contribution < -0.4 is 43.8 Å². The van der Waals surface area contributed by atoms with Gasteiger partial charge < -0.3 is 62.0 Å². The molecule has 0 aromatic heterocycles. The number of nitrogens with zero attached hydrogens (tertiary/aromatic N) is 2. The largest absolute Gasteiger partial charge is 2.00 e. The van der Waals surface area contributed by atoms with Crippen LogP contribution >= 0.6 is 0 Å². The van der Waals surface area contributed by atoms with Gasteiger partial charge in [0.05, 0.1) is 57.1 Å². The molecule has 2 aliphatic rings. The Hall–Kier alpha value is -6.79. The number of carbonyl (C=O) groups excluding carboxylic acids is 2. The number of amides is 2. The summed E-state index contributed by atoms with van der Waals surface area (Å²) < 4.78 is 143. The number of hydrogen-bond acceptors (Lipinski definition) is 18. The first-order valence-corrected chi connectivity index (χ1v) is 29.8. The first kappa shape index (κ1) is 65.4. The molecule has 428 valence electrons. The number of anilines is 2. The van der Waals surface area contributed by atoms with Crippen molar-refractivity contribution >= 4 is 170 Å². The number of benzene rings is 6. The van der Waals surface area contributed by atoms with Crippen LogP contribution in [0, 0.1) is 10.8 Å². The zero-order valence-corrected chi connectivity index (χ0v) is 51.3. The maximum absolute atomic E-state index is 12.2. The van der Waals surface area contributed by atoms with Gasteiger partial charge in [-0.3, -0.25) is 19.6 Å². The number of aliphatic imine (C=N–C) groups is 2. The third-order valence-corrected chi connectivity index (χ3v) is 17.0. The number of carbonyl (C=O) groups is 2. The molecule has 8 rings (SSSR count). The van der Waals surface area contributed by atoms with E-state index < -0.39 is 70.9 Å². The van der Waals surface area contributed by atoms with Crippen molar-refractivity contribution in [3.05, 3.63) is 179 Å². The maximum Gasteiger partial charge on any atom is 2.00 e. The Kier molecular flexibility index (Phi) is 20.8. The fourth-order valence-corrected chi connectivity index (χ4v) is 11.3. The zero-order valence-electron chi connectivity index (χ0n) is 43.6. The quantitative estimate of drug-likeness (QED) is 0.0195. The molecule has 14 N–H and O–H groups in total. The van der Waals surface area contributed by atoms with E-state index in [1.165, 1.54) is 24.3 Å². The predicted molar refractivity (Wildman–Crippen MR) is 299 cm³/mol. The molecular weight excluding hydrogens is 1280 g/mol. The van der Waals surface area contributed by atoms with Crippen LogP contribution in [-0.4, -0.2) is 153 Å². The molecule has 0 fully saturated rings. The van der Waals surface area contributed by atoms with Gasteiger partial charge in [-0.05, 0) is 128 Å². The van der Waals surface area contributed by atoms with Crippen LogP contribution in [0.4, 0.5) is 22.7 Å². The van der Waals surface area contributed by atoms with Crippen LogP contribution in [0.3, 0.4) is 0 Å². The summed E-state index contributed by atoms with van der Waals surface area (Å²) in [7, 11) is -19.9. The van der Waals surface area contributed by atoms with Crippen molar-refractivity contribution in [3.8, 4) is 0 Å². The van der Waals surface area contributed by atoms with Crippen molar-refractivity contribution in [3.63, 3.8) is 0 Å². The minimum absolute atomic E-state index is 0. The Morgan fingerprint density at radius 3 is 1.04 bits per heavy atom. The van der Waals surface area contributed by atoms with Gasteiger partial charge in [0.2, 0.25) is 12.8 Å². The van der Waals surface area contributed by atoms with E-state index >= 15 is 0 Å². The van der Waals surface area contributed by atoms with Gasteiger partial charge in [-0.15, -0.1) is 0 Å². The van der Waals surface area contributed by atoms with Gasteiger partial charge in [0.1, 0.15) is 51.3 Å². The molecule has 0 heterocycles. The monoisotopic (exact) mass is 1330 g/mol. The summed E-state index contributed by atoms with van der Waals surface area (Å²) in [6, 6.07) is 20.2. The van der Waals surface area contributed by atoms with Gasteiger partial charge in [0.25, 0.3) is 0 Å². The number of nitrogens with one attached hydrogen (secondary N) is 2. The van der Waals surface area contributed by atoms with E-state index in [9.17, 15) is 71.7 Å². The second-order valence-corrected chi connectivity index (χ2v) is 24.0. The van der Waals surface area contributed by atoms with Crippen molar-refractivity contribution in [1.29, 1.82) is 0 Å². The number of quaternary nitrogens is 4. The van der Waals surface area contributed by atoms with E-state index in [2.05, 4.69) is 43.6 Å². The zero-order chi connectivity index (χ0) is 60.0. The van der Waals surface area contributed by atoms with Crippen molar-refractivity contribution < 1.29 is 94.6 Å². The molecule has 0 saturated heterocycles. The van der Waals surface area contributed by atoms with Crippen molar-refractivity contribution in [1.82, 2.24) is 0 Å². The SMILES string of the molecule is [Ba+2].[NH3+]CC1(C[NH3+])C=CC(=C(c2ccc(NC=O)cc2N=C[O-])c2cc(S(=O)(=O)[O-])cc3cc(S(=O)(=O)[O-])ccc23)C=C1.[NH3+]CC1(C[NH3+])C=CC(=C(c2ccc(NC=O)cc2N=C[O-])c2cc(S(=O)(=O)[O-])cc3cc(S(=O)(=O)[O-])ccc23)C=C1. The van der Waals surface area contributed by atoms with E-state index in [1.54, 1.807) is 48.6 Å². The van der Waals surface area contributed by atoms with Crippen LogP contribution in [0.1, 0.15) is 22.3 Å². The molecule has 0 atom stereocenters. The maximum atomic E-state index is 12.2. The van der Waals surface area contributed by atoms with Crippen LogP contribution in [0.2, 0.25) is 0 Å². The van der Waals surface area contributed by atoms with Crippen LogP contribution in [0.5, 0.6) is 0 Å². The normalized spacial score (nSPS) is 14.8. The minimum atomic E-state index is -5.05. The van der Waals surface area contributed by atoms with Gasteiger partial charge in [0, 0.05) is 22.5 Å². The molecular formula is C54H50BaN8O16S4. The van der Waals surface area contributed by atoms with Gasteiger partial charge in [-0.2, -0.15) is 0 Å². The molecule has 0 bridgehead atoms. The molecule has 0 unspecified atom stereocenters. The summed E-state index contributed by atoms with van der Waals surface area (Å²) in [6.45, 7) is 2.01. The molecule has 2 aliphatic carbocycles. The Balaban J connectivity index is 0.000000263.